The molecule has 0 bridgehead atoms. The molecule has 4 nitrogen and oxygen atoms in total. The molecule has 240 valence electrons. The van der Waals surface area contributed by atoms with Crippen LogP contribution in [0, 0.1) is 18.2 Å². The maximum atomic E-state index is 5.13. The minimum Gasteiger partial charge on any atom is -0.304 e. The summed E-state index contributed by atoms with van der Waals surface area (Å²) in [7, 11) is 0. The first-order valence-corrected chi connectivity index (χ1v) is 16.5. The van der Waals surface area contributed by atoms with Crippen LogP contribution in [-0.4, -0.2) is 19.9 Å². The second-order valence-corrected chi connectivity index (χ2v) is 11.9. The Balaban J connectivity index is 0.00000417. The molecule has 0 aliphatic heterocycles. The zero-order chi connectivity index (χ0) is 32.4. The van der Waals surface area contributed by atoms with Crippen LogP contribution in [0.1, 0.15) is 33.6 Å². The number of aromatic nitrogens is 4. The van der Waals surface area contributed by atoms with E-state index in [2.05, 4.69) is 66.7 Å². The Morgan fingerprint density at radius 1 is 0.388 bits per heavy atom. The van der Waals surface area contributed by atoms with Crippen molar-refractivity contribution < 1.29 is 20.1 Å². The van der Waals surface area contributed by atoms with Gasteiger partial charge in [0.25, 0.3) is 0 Å². The van der Waals surface area contributed by atoms with Crippen molar-refractivity contribution in [2.24, 2.45) is 0 Å². The van der Waals surface area contributed by atoms with Gasteiger partial charge in [-0.1, -0.05) is 36.4 Å². The monoisotopic (exact) mass is 812 g/mol. The van der Waals surface area contributed by atoms with Crippen molar-refractivity contribution in [2.45, 2.75) is 38.5 Å². The summed E-state index contributed by atoms with van der Waals surface area (Å²) in [6.07, 6.45) is 11.3. The molecule has 0 radical (unpaired) electrons. The number of aryl methyl sites for hydroxylation is 6. The van der Waals surface area contributed by atoms with Gasteiger partial charge in [-0.05, 0) is 90.0 Å². The fraction of sp³-hybridized carbons (Fsp3) is 0.136. The number of hydrogen-bond acceptors (Lipinski definition) is 4. The third-order valence-corrected chi connectivity index (χ3v) is 8.46. The Morgan fingerprint density at radius 2 is 0.755 bits per heavy atom. The molecule has 0 unspecified atom stereocenters. The minimum absolute atomic E-state index is 0. The van der Waals surface area contributed by atoms with Crippen molar-refractivity contribution in [1.29, 1.82) is 0 Å². The molecule has 5 heteroatoms. The number of hydrogen-bond donors (Lipinski definition) is 0. The predicted octanol–water partition coefficient (Wildman–Crippen LogP) is 9.02. The van der Waals surface area contributed by atoms with Gasteiger partial charge in [-0.3, -0.25) is 4.98 Å². The zero-order valence-corrected chi connectivity index (χ0v) is 29.5. The van der Waals surface area contributed by atoms with Crippen molar-refractivity contribution in [3.8, 4) is 33.8 Å². The Bertz CT molecular complexity index is 1780. The molecule has 0 aliphatic rings. The first kappa shape index (κ1) is 33.8. The Morgan fingerprint density at radius 3 is 1.08 bits per heavy atom. The quantitative estimate of drug-likeness (QED) is 0.116. The summed E-state index contributed by atoms with van der Waals surface area (Å²) in [5.74, 6) is 0. The number of nitrogens with zero attached hydrogens (tertiary/aromatic N) is 4. The largest absolute Gasteiger partial charge is 3.00 e. The SMILES string of the molecule is [Ir+3].[c-]1ccccc1-c1ccc(CCc2cc(CCc3ccc(-c4[c-]cccc4)nc3)nc(CCc3ccc(-c4[c-]cccc4)nc3)c2)cn1. The first-order valence-electron chi connectivity index (χ1n) is 16.5. The summed E-state index contributed by atoms with van der Waals surface area (Å²) in [6.45, 7) is 0. The van der Waals surface area contributed by atoms with Crippen LogP contribution in [0.3, 0.4) is 0 Å². The van der Waals surface area contributed by atoms with Crippen LogP contribution in [0.5, 0.6) is 0 Å². The van der Waals surface area contributed by atoms with E-state index in [0.29, 0.717) is 0 Å². The molecule has 7 rings (SSSR count). The summed E-state index contributed by atoms with van der Waals surface area (Å²) in [4.78, 5) is 19.3. The van der Waals surface area contributed by atoms with Gasteiger partial charge >= 0.3 is 20.1 Å². The molecule has 0 saturated heterocycles. The van der Waals surface area contributed by atoms with Crippen molar-refractivity contribution in [2.75, 3.05) is 0 Å². The van der Waals surface area contributed by atoms with Crippen LogP contribution in [0.15, 0.2) is 140 Å². The molecular formula is C44H35IrN4. The second kappa shape index (κ2) is 16.8. The first-order chi connectivity index (χ1) is 23.7. The van der Waals surface area contributed by atoms with E-state index in [-0.39, 0.29) is 20.1 Å². The summed E-state index contributed by atoms with van der Waals surface area (Å²) in [5.41, 5.74) is 13.0. The third-order valence-electron chi connectivity index (χ3n) is 8.46. The molecule has 0 spiro atoms. The van der Waals surface area contributed by atoms with E-state index >= 15 is 0 Å². The molecule has 4 heterocycles. The molecule has 0 amide bonds. The molecule has 0 aliphatic carbocycles. The Kier molecular flexibility index (Phi) is 11.6. The van der Waals surface area contributed by atoms with Gasteiger partial charge in [0.05, 0.1) is 0 Å². The molecule has 0 saturated carbocycles. The Labute approximate surface area is 302 Å². The standard InChI is InChI=1S/C44H35N4.Ir/c1-4-10-37(11-5-1)42-25-20-33(30-45-42)16-17-36-28-40(23-18-34-21-26-43(46-31-34)38-12-6-2-7-13-38)48-41(29-36)24-19-35-22-27-44(47-32-35)39-14-8-3-9-15-39;/h1-10,12,14,20-22,25-32H,16-19,23-24H2;/q-3;+3. The average molecular weight is 812 g/mol. The fourth-order valence-electron chi connectivity index (χ4n) is 5.81. The molecule has 0 fully saturated rings. The van der Waals surface area contributed by atoms with Crippen LogP contribution in [0.2, 0.25) is 0 Å². The van der Waals surface area contributed by atoms with Gasteiger partial charge in [0.15, 0.2) is 0 Å². The van der Waals surface area contributed by atoms with Gasteiger partial charge < -0.3 is 15.0 Å². The van der Waals surface area contributed by atoms with E-state index in [9.17, 15) is 0 Å². The topological polar surface area (TPSA) is 51.6 Å². The summed E-state index contributed by atoms with van der Waals surface area (Å²) in [5, 5.41) is 0. The maximum absolute atomic E-state index is 5.13. The van der Waals surface area contributed by atoms with Crippen LogP contribution in [-0.2, 0) is 58.6 Å². The van der Waals surface area contributed by atoms with E-state index in [1.807, 2.05) is 91.4 Å². The number of benzene rings is 3. The molecule has 4 aromatic heterocycles. The van der Waals surface area contributed by atoms with Gasteiger partial charge in [0, 0.05) is 30.0 Å². The van der Waals surface area contributed by atoms with Gasteiger partial charge in [0.2, 0.25) is 0 Å². The van der Waals surface area contributed by atoms with E-state index < -0.39 is 0 Å². The van der Waals surface area contributed by atoms with E-state index in [1.54, 1.807) is 0 Å². The zero-order valence-electron chi connectivity index (χ0n) is 27.1. The van der Waals surface area contributed by atoms with Crippen molar-refractivity contribution in [1.82, 2.24) is 19.9 Å². The minimum atomic E-state index is 0. The maximum Gasteiger partial charge on any atom is 3.00 e. The fourth-order valence-corrected chi connectivity index (χ4v) is 5.81. The van der Waals surface area contributed by atoms with Gasteiger partial charge in [-0.25, -0.2) is 0 Å². The van der Waals surface area contributed by atoms with E-state index in [4.69, 9.17) is 19.9 Å². The van der Waals surface area contributed by atoms with Crippen LogP contribution < -0.4 is 0 Å². The third kappa shape index (κ3) is 9.29. The second-order valence-electron chi connectivity index (χ2n) is 11.9. The van der Waals surface area contributed by atoms with Gasteiger partial charge in [-0.15, -0.1) is 108 Å². The van der Waals surface area contributed by atoms with Crippen LogP contribution >= 0.6 is 0 Å². The molecular weight excluding hydrogens is 777 g/mol. The molecule has 3 aromatic carbocycles. The molecule has 7 aromatic rings. The summed E-state index contributed by atoms with van der Waals surface area (Å²) in [6, 6.07) is 51.0. The number of pyridine rings is 4. The van der Waals surface area contributed by atoms with E-state index in [0.717, 1.165) is 83.7 Å². The van der Waals surface area contributed by atoms with Crippen molar-refractivity contribution >= 4 is 0 Å². The summed E-state index contributed by atoms with van der Waals surface area (Å²) < 4.78 is 0. The number of rotatable bonds is 12. The van der Waals surface area contributed by atoms with Crippen LogP contribution in [0.25, 0.3) is 33.8 Å². The average Bonchev–Trinajstić information content (AvgIpc) is 3.17. The van der Waals surface area contributed by atoms with Gasteiger partial charge in [-0.2, -0.15) is 0 Å². The normalized spacial score (nSPS) is 10.8. The predicted molar refractivity (Wildman–Crippen MR) is 192 cm³/mol. The summed E-state index contributed by atoms with van der Waals surface area (Å²) >= 11 is 0. The Hall–Kier alpha value is -5.09. The molecule has 0 atom stereocenters. The van der Waals surface area contributed by atoms with Crippen molar-refractivity contribution in [3.05, 3.63) is 192 Å². The van der Waals surface area contributed by atoms with Crippen molar-refractivity contribution in [3.63, 3.8) is 0 Å². The van der Waals surface area contributed by atoms with Crippen LogP contribution in [0.4, 0.5) is 0 Å². The molecule has 49 heavy (non-hydrogen) atoms. The van der Waals surface area contributed by atoms with Gasteiger partial charge in [0.1, 0.15) is 0 Å². The van der Waals surface area contributed by atoms with E-state index in [1.165, 1.54) is 22.3 Å². The smallest absolute Gasteiger partial charge is 0.304 e. The molecule has 0 N–H and O–H groups in total.